The summed E-state index contributed by atoms with van der Waals surface area (Å²) >= 11 is 3.42. The van der Waals surface area contributed by atoms with Crippen molar-refractivity contribution in [1.29, 1.82) is 0 Å². The lowest BCUT2D eigenvalue weighted by Gasteiger charge is -2.21. The Balaban J connectivity index is 2.44. The fraction of sp³-hybridized carbons (Fsp3) is 0.500. The van der Waals surface area contributed by atoms with Gasteiger partial charge in [0.05, 0.1) is 0 Å². The second kappa shape index (κ2) is 7.01. The molecule has 16 heavy (non-hydrogen) atoms. The first-order valence-corrected chi connectivity index (χ1v) is 5.93. The van der Waals surface area contributed by atoms with Crippen LogP contribution in [0.15, 0.2) is 28.7 Å². The summed E-state index contributed by atoms with van der Waals surface area (Å²) < 4.78 is 11.4. The summed E-state index contributed by atoms with van der Waals surface area (Å²) in [5.74, 6) is 0. The van der Waals surface area contributed by atoms with E-state index in [1.54, 1.807) is 14.2 Å². The zero-order chi connectivity index (χ0) is 12.0. The molecule has 1 rings (SSSR count). The molecule has 0 aliphatic heterocycles. The molecule has 0 aliphatic carbocycles. The first kappa shape index (κ1) is 13.6. The molecule has 1 aromatic carbocycles. The predicted molar refractivity (Wildman–Crippen MR) is 68.3 cm³/mol. The molecule has 0 amide bonds. The van der Waals surface area contributed by atoms with E-state index in [4.69, 9.17) is 9.47 Å². The molecule has 1 aromatic rings. The minimum atomic E-state index is -0.166. The summed E-state index contributed by atoms with van der Waals surface area (Å²) in [6.07, 6.45) is -0.166. The van der Waals surface area contributed by atoms with E-state index in [-0.39, 0.29) is 6.29 Å². The van der Waals surface area contributed by atoms with Crippen molar-refractivity contribution in [2.24, 2.45) is 0 Å². The average Bonchev–Trinajstić information content (AvgIpc) is 2.29. The predicted octanol–water partition coefficient (Wildman–Crippen LogP) is 2.50. The number of hydrogen-bond acceptors (Lipinski definition) is 3. The standard InChI is InChI=1S/C12H18BrNO2/c1-14(9-12(15-2)16-3)8-10-4-6-11(13)7-5-10/h4-7,12H,8-9H2,1-3H3. The highest BCUT2D eigenvalue weighted by atomic mass is 79.9. The first-order chi connectivity index (χ1) is 7.65. The van der Waals surface area contributed by atoms with Crippen LogP contribution < -0.4 is 0 Å². The lowest BCUT2D eigenvalue weighted by molar-refractivity contribution is -0.114. The van der Waals surface area contributed by atoms with Gasteiger partial charge in [0, 0.05) is 31.8 Å². The minimum Gasteiger partial charge on any atom is -0.355 e. The van der Waals surface area contributed by atoms with Gasteiger partial charge in [-0.05, 0) is 24.7 Å². The highest BCUT2D eigenvalue weighted by Crippen LogP contribution is 2.12. The Morgan fingerprint density at radius 2 is 1.75 bits per heavy atom. The molecule has 4 heteroatoms. The number of rotatable bonds is 6. The van der Waals surface area contributed by atoms with Crippen molar-refractivity contribution in [2.45, 2.75) is 12.8 Å². The Bertz CT molecular complexity index is 298. The highest BCUT2D eigenvalue weighted by molar-refractivity contribution is 9.10. The number of hydrogen-bond donors (Lipinski definition) is 0. The summed E-state index contributed by atoms with van der Waals surface area (Å²) in [6, 6.07) is 8.31. The molecule has 0 spiro atoms. The van der Waals surface area contributed by atoms with E-state index in [2.05, 4.69) is 33.0 Å². The summed E-state index contributed by atoms with van der Waals surface area (Å²) in [7, 11) is 5.36. The third-order valence-corrected chi connectivity index (χ3v) is 2.88. The van der Waals surface area contributed by atoms with Crippen molar-refractivity contribution in [1.82, 2.24) is 4.90 Å². The zero-order valence-electron chi connectivity index (χ0n) is 9.94. The molecule has 3 nitrogen and oxygen atoms in total. The Hall–Kier alpha value is -0.420. The number of likely N-dealkylation sites (N-methyl/N-ethyl adjacent to an activating group) is 1. The maximum Gasteiger partial charge on any atom is 0.169 e. The topological polar surface area (TPSA) is 21.7 Å². The summed E-state index contributed by atoms with van der Waals surface area (Å²) in [6.45, 7) is 1.64. The van der Waals surface area contributed by atoms with Gasteiger partial charge < -0.3 is 9.47 Å². The molecular formula is C12H18BrNO2. The Labute approximate surface area is 105 Å². The van der Waals surface area contributed by atoms with Crippen molar-refractivity contribution < 1.29 is 9.47 Å². The minimum absolute atomic E-state index is 0.166. The van der Waals surface area contributed by atoms with Crippen LogP contribution in [0.4, 0.5) is 0 Å². The SMILES string of the molecule is COC(CN(C)Cc1ccc(Br)cc1)OC. The van der Waals surface area contributed by atoms with E-state index in [0.29, 0.717) is 0 Å². The van der Waals surface area contributed by atoms with Crippen molar-refractivity contribution >= 4 is 15.9 Å². The van der Waals surface area contributed by atoms with Crippen LogP contribution in [0, 0.1) is 0 Å². The third kappa shape index (κ3) is 4.61. The second-order valence-corrected chi connectivity index (χ2v) is 4.64. The quantitative estimate of drug-likeness (QED) is 0.751. The van der Waals surface area contributed by atoms with E-state index in [1.807, 2.05) is 19.2 Å². The van der Waals surface area contributed by atoms with Crippen LogP contribution in [0.2, 0.25) is 0 Å². The summed E-state index contributed by atoms with van der Waals surface area (Å²) in [5.41, 5.74) is 1.27. The van der Waals surface area contributed by atoms with Crippen molar-refractivity contribution in [3.8, 4) is 0 Å². The maximum atomic E-state index is 5.16. The van der Waals surface area contributed by atoms with E-state index in [1.165, 1.54) is 5.56 Å². The van der Waals surface area contributed by atoms with Crippen LogP contribution >= 0.6 is 15.9 Å². The molecule has 0 saturated carbocycles. The number of ether oxygens (including phenoxy) is 2. The molecule has 0 aliphatic rings. The maximum absolute atomic E-state index is 5.16. The van der Waals surface area contributed by atoms with Gasteiger partial charge in [0.1, 0.15) is 0 Å². The normalized spacial score (nSPS) is 11.4. The van der Waals surface area contributed by atoms with Gasteiger partial charge in [-0.25, -0.2) is 0 Å². The van der Waals surface area contributed by atoms with Gasteiger partial charge in [0.15, 0.2) is 6.29 Å². The van der Waals surface area contributed by atoms with Crippen molar-refractivity contribution in [2.75, 3.05) is 27.8 Å². The molecule has 0 N–H and O–H groups in total. The summed E-state index contributed by atoms with van der Waals surface area (Å²) in [4.78, 5) is 2.17. The monoisotopic (exact) mass is 287 g/mol. The number of methoxy groups -OCH3 is 2. The lowest BCUT2D eigenvalue weighted by atomic mass is 10.2. The number of benzene rings is 1. The van der Waals surface area contributed by atoms with Crippen molar-refractivity contribution in [3.63, 3.8) is 0 Å². The molecule has 0 fully saturated rings. The molecular weight excluding hydrogens is 270 g/mol. The van der Waals surface area contributed by atoms with Gasteiger partial charge >= 0.3 is 0 Å². The van der Waals surface area contributed by atoms with Gasteiger partial charge in [0.25, 0.3) is 0 Å². The van der Waals surface area contributed by atoms with Gasteiger partial charge in [-0.1, -0.05) is 28.1 Å². The molecule has 0 saturated heterocycles. The van der Waals surface area contributed by atoms with Gasteiger partial charge in [-0.15, -0.1) is 0 Å². The number of halogens is 1. The molecule has 0 unspecified atom stereocenters. The second-order valence-electron chi connectivity index (χ2n) is 3.72. The van der Waals surface area contributed by atoms with Crippen LogP contribution in [0.1, 0.15) is 5.56 Å². The number of nitrogens with zero attached hydrogens (tertiary/aromatic N) is 1. The first-order valence-electron chi connectivity index (χ1n) is 5.14. The average molecular weight is 288 g/mol. The fourth-order valence-corrected chi connectivity index (χ4v) is 1.73. The van der Waals surface area contributed by atoms with Crippen molar-refractivity contribution in [3.05, 3.63) is 34.3 Å². The molecule has 0 aromatic heterocycles. The zero-order valence-corrected chi connectivity index (χ0v) is 11.5. The largest absolute Gasteiger partial charge is 0.355 e. The summed E-state index contributed by atoms with van der Waals surface area (Å²) in [5, 5.41) is 0. The van der Waals surface area contributed by atoms with Gasteiger partial charge in [-0.3, -0.25) is 4.90 Å². The molecule has 90 valence electrons. The Morgan fingerprint density at radius 3 is 2.25 bits per heavy atom. The van der Waals surface area contributed by atoms with Gasteiger partial charge in [-0.2, -0.15) is 0 Å². The van der Waals surface area contributed by atoms with Crippen LogP contribution in [0.3, 0.4) is 0 Å². The van der Waals surface area contributed by atoms with Crippen LogP contribution in [-0.4, -0.2) is 39.0 Å². The van der Waals surface area contributed by atoms with Crippen LogP contribution in [0.25, 0.3) is 0 Å². The van der Waals surface area contributed by atoms with Crippen LogP contribution in [0.5, 0.6) is 0 Å². The smallest absolute Gasteiger partial charge is 0.169 e. The fourth-order valence-electron chi connectivity index (χ4n) is 1.47. The van der Waals surface area contributed by atoms with E-state index in [9.17, 15) is 0 Å². The van der Waals surface area contributed by atoms with E-state index >= 15 is 0 Å². The third-order valence-electron chi connectivity index (χ3n) is 2.35. The Morgan fingerprint density at radius 1 is 1.19 bits per heavy atom. The van der Waals surface area contributed by atoms with Crippen LogP contribution in [-0.2, 0) is 16.0 Å². The van der Waals surface area contributed by atoms with E-state index in [0.717, 1.165) is 17.6 Å². The molecule has 0 radical (unpaired) electrons. The lowest BCUT2D eigenvalue weighted by Crippen LogP contribution is -2.31. The van der Waals surface area contributed by atoms with Gasteiger partial charge in [0.2, 0.25) is 0 Å². The highest BCUT2D eigenvalue weighted by Gasteiger charge is 2.09. The molecule has 0 atom stereocenters. The van der Waals surface area contributed by atoms with E-state index < -0.39 is 0 Å². The molecule has 0 bridgehead atoms. The molecule has 0 heterocycles. The Kier molecular flexibility index (Phi) is 5.98.